The molecule has 1 aliphatic heterocycles. The van der Waals surface area contributed by atoms with Gasteiger partial charge in [-0.25, -0.2) is 9.78 Å². The highest BCUT2D eigenvalue weighted by Gasteiger charge is 2.24. The number of carboxylic acid groups (broad SMARTS) is 1. The monoisotopic (exact) mass is 277 g/mol. The molecule has 100 valence electrons. The fourth-order valence-electron chi connectivity index (χ4n) is 2.60. The van der Waals surface area contributed by atoms with Crippen molar-refractivity contribution in [3.05, 3.63) is 35.6 Å². The highest BCUT2D eigenvalue weighted by atomic mass is 32.1. The number of carboxylic acids is 1. The van der Waals surface area contributed by atoms with Gasteiger partial charge in [0.05, 0.1) is 0 Å². The number of nitrogens with zero attached hydrogens (tertiary/aromatic N) is 3. The van der Waals surface area contributed by atoms with Crippen molar-refractivity contribution in [1.82, 2.24) is 9.55 Å². The van der Waals surface area contributed by atoms with E-state index in [-0.39, 0.29) is 6.04 Å². The lowest BCUT2D eigenvalue weighted by molar-refractivity contribution is 0.0681. The molecule has 0 atom stereocenters. The van der Waals surface area contributed by atoms with Gasteiger partial charge in [-0.2, -0.15) is 0 Å². The molecule has 0 radical (unpaired) electrons. The second-order valence-electron chi connectivity index (χ2n) is 4.64. The topological polar surface area (TPSA) is 58.4 Å². The van der Waals surface area contributed by atoms with Crippen molar-refractivity contribution in [2.75, 3.05) is 18.0 Å². The van der Waals surface area contributed by atoms with Crippen LogP contribution in [-0.4, -0.2) is 33.7 Å². The Labute approximate surface area is 115 Å². The molecule has 0 aliphatic carbocycles. The smallest absolute Gasteiger partial charge is 0.352 e. The third kappa shape index (κ3) is 2.35. The highest BCUT2D eigenvalue weighted by Crippen LogP contribution is 2.28. The molecule has 0 bridgehead atoms. The van der Waals surface area contributed by atoms with Crippen molar-refractivity contribution < 1.29 is 9.90 Å². The number of hydrogen-bond donors (Lipinski definition) is 1. The van der Waals surface area contributed by atoms with Crippen LogP contribution in [0.3, 0.4) is 0 Å². The van der Waals surface area contributed by atoms with Crippen LogP contribution in [0.5, 0.6) is 0 Å². The Hall–Kier alpha value is -1.82. The molecule has 1 N–H and O–H groups in total. The standard InChI is InChI=1S/C13H15N3O2S/c17-12(18)11-2-1-6-16(11)10-3-7-15(8-4-10)13-14-5-9-19-13/h1-2,5-6,9-10H,3-4,7-8H2,(H,17,18). The van der Waals surface area contributed by atoms with E-state index in [0.717, 1.165) is 31.1 Å². The molecule has 19 heavy (non-hydrogen) atoms. The summed E-state index contributed by atoms with van der Waals surface area (Å²) in [5, 5.41) is 12.2. The first-order valence-corrected chi connectivity index (χ1v) is 7.18. The Morgan fingerprint density at radius 1 is 1.42 bits per heavy atom. The van der Waals surface area contributed by atoms with Gasteiger partial charge in [0, 0.05) is 36.9 Å². The molecule has 0 spiro atoms. The average Bonchev–Trinajstić information content (AvgIpc) is 3.10. The lowest BCUT2D eigenvalue weighted by Crippen LogP contribution is -2.35. The number of thiazole rings is 1. The zero-order valence-electron chi connectivity index (χ0n) is 10.4. The van der Waals surface area contributed by atoms with E-state index in [1.807, 2.05) is 22.3 Å². The molecule has 0 saturated carbocycles. The molecule has 2 aromatic heterocycles. The summed E-state index contributed by atoms with van der Waals surface area (Å²) >= 11 is 1.65. The van der Waals surface area contributed by atoms with E-state index in [2.05, 4.69) is 9.88 Å². The van der Waals surface area contributed by atoms with Crippen molar-refractivity contribution >= 4 is 22.4 Å². The number of aromatic carboxylic acids is 1. The van der Waals surface area contributed by atoms with Gasteiger partial charge in [-0.1, -0.05) is 0 Å². The molecule has 2 aromatic rings. The molecule has 1 fully saturated rings. The summed E-state index contributed by atoms with van der Waals surface area (Å²) in [5.74, 6) is -0.854. The number of anilines is 1. The van der Waals surface area contributed by atoms with Crippen molar-refractivity contribution in [2.45, 2.75) is 18.9 Å². The fraction of sp³-hybridized carbons (Fsp3) is 0.385. The summed E-state index contributed by atoms with van der Waals surface area (Å²) in [6.45, 7) is 1.85. The van der Waals surface area contributed by atoms with Gasteiger partial charge in [0.25, 0.3) is 0 Å². The summed E-state index contributed by atoms with van der Waals surface area (Å²) in [5.41, 5.74) is 0.382. The van der Waals surface area contributed by atoms with Gasteiger partial charge in [0.15, 0.2) is 5.13 Å². The third-order valence-corrected chi connectivity index (χ3v) is 4.38. The molecule has 0 aromatic carbocycles. The van der Waals surface area contributed by atoms with Crippen molar-refractivity contribution in [3.8, 4) is 0 Å². The molecule has 6 heteroatoms. The molecule has 3 rings (SSSR count). The van der Waals surface area contributed by atoms with Gasteiger partial charge >= 0.3 is 5.97 Å². The maximum absolute atomic E-state index is 11.1. The molecule has 0 amide bonds. The van der Waals surface area contributed by atoms with E-state index >= 15 is 0 Å². The zero-order chi connectivity index (χ0) is 13.2. The van der Waals surface area contributed by atoms with Gasteiger partial charge in [-0.05, 0) is 25.0 Å². The number of hydrogen-bond acceptors (Lipinski definition) is 4. The van der Waals surface area contributed by atoms with Crippen LogP contribution < -0.4 is 4.90 Å². The first-order chi connectivity index (χ1) is 9.25. The van der Waals surface area contributed by atoms with Crippen LogP contribution in [0.2, 0.25) is 0 Å². The maximum atomic E-state index is 11.1. The summed E-state index contributed by atoms with van der Waals surface area (Å²) in [4.78, 5) is 17.7. The van der Waals surface area contributed by atoms with Crippen LogP contribution in [0, 0.1) is 0 Å². The zero-order valence-corrected chi connectivity index (χ0v) is 11.2. The Morgan fingerprint density at radius 3 is 2.84 bits per heavy atom. The molecule has 0 unspecified atom stereocenters. The predicted molar refractivity (Wildman–Crippen MR) is 74.0 cm³/mol. The van der Waals surface area contributed by atoms with Crippen molar-refractivity contribution in [3.63, 3.8) is 0 Å². The molecule has 1 aliphatic rings. The van der Waals surface area contributed by atoms with Gasteiger partial charge in [-0.3, -0.25) is 0 Å². The average molecular weight is 277 g/mol. The molecule has 3 heterocycles. The number of carbonyl (C=O) groups is 1. The second kappa shape index (κ2) is 5.05. The Balaban J connectivity index is 1.70. The van der Waals surface area contributed by atoms with Crippen LogP contribution in [0.15, 0.2) is 29.9 Å². The Bertz CT molecular complexity index is 556. The quantitative estimate of drug-likeness (QED) is 0.936. The largest absolute Gasteiger partial charge is 0.477 e. The summed E-state index contributed by atoms with van der Waals surface area (Å²) in [6, 6.07) is 3.74. The van der Waals surface area contributed by atoms with Crippen LogP contribution in [-0.2, 0) is 0 Å². The van der Waals surface area contributed by atoms with E-state index in [0.29, 0.717) is 5.69 Å². The minimum absolute atomic E-state index is 0.275. The lowest BCUT2D eigenvalue weighted by Gasteiger charge is -2.33. The molecular formula is C13H15N3O2S. The van der Waals surface area contributed by atoms with Crippen LogP contribution in [0.4, 0.5) is 5.13 Å². The summed E-state index contributed by atoms with van der Waals surface area (Å²) in [7, 11) is 0. The lowest BCUT2D eigenvalue weighted by atomic mass is 10.1. The van der Waals surface area contributed by atoms with Gasteiger partial charge in [0.2, 0.25) is 0 Å². The first-order valence-electron chi connectivity index (χ1n) is 6.30. The molecule has 1 saturated heterocycles. The van der Waals surface area contributed by atoms with Crippen LogP contribution >= 0.6 is 11.3 Å². The van der Waals surface area contributed by atoms with E-state index in [1.54, 1.807) is 23.5 Å². The van der Waals surface area contributed by atoms with E-state index in [1.165, 1.54) is 0 Å². The Morgan fingerprint density at radius 2 is 2.21 bits per heavy atom. The minimum atomic E-state index is -0.854. The van der Waals surface area contributed by atoms with E-state index in [9.17, 15) is 4.79 Å². The van der Waals surface area contributed by atoms with Crippen molar-refractivity contribution in [2.24, 2.45) is 0 Å². The minimum Gasteiger partial charge on any atom is -0.477 e. The van der Waals surface area contributed by atoms with E-state index in [4.69, 9.17) is 5.11 Å². The van der Waals surface area contributed by atoms with Crippen LogP contribution in [0.25, 0.3) is 0 Å². The fourth-order valence-corrected chi connectivity index (χ4v) is 3.30. The van der Waals surface area contributed by atoms with Crippen LogP contribution in [0.1, 0.15) is 29.4 Å². The first kappa shape index (κ1) is 12.2. The second-order valence-corrected chi connectivity index (χ2v) is 5.51. The number of aromatic nitrogens is 2. The number of rotatable bonds is 3. The normalized spacial score (nSPS) is 16.7. The van der Waals surface area contributed by atoms with E-state index < -0.39 is 5.97 Å². The number of piperidine rings is 1. The van der Waals surface area contributed by atoms with Crippen molar-refractivity contribution in [1.29, 1.82) is 0 Å². The molecule has 5 nitrogen and oxygen atoms in total. The van der Waals surface area contributed by atoms with Gasteiger partial charge in [-0.15, -0.1) is 11.3 Å². The molecular weight excluding hydrogens is 262 g/mol. The highest BCUT2D eigenvalue weighted by molar-refractivity contribution is 7.13. The SMILES string of the molecule is O=C(O)c1cccn1C1CCN(c2nccs2)CC1. The predicted octanol–water partition coefficient (Wildman–Crippen LogP) is 2.48. The summed E-state index contributed by atoms with van der Waals surface area (Å²) in [6.07, 6.45) is 5.59. The maximum Gasteiger partial charge on any atom is 0.352 e. The van der Waals surface area contributed by atoms with Gasteiger partial charge in [0.1, 0.15) is 5.69 Å². The third-order valence-electron chi connectivity index (χ3n) is 3.55. The van der Waals surface area contributed by atoms with Gasteiger partial charge < -0.3 is 14.6 Å². The Kier molecular flexibility index (Phi) is 3.25. The summed E-state index contributed by atoms with van der Waals surface area (Å²) < 4.78 is 1.89.